The van der Waals surface area contributed by atoms with Crippen LogP contribution in [0.1, 0.15) is 34.3 Å². The molecule has 3 rings (SSSR count). The van der Waals surface area contributed by atoms with Gasteiger partial charge in [0.15, 0.2) is 17.6 Å². The van der Waals surface area contributed by atoms with E-state index in [4.69, 9.17) is 18.7 Å². The van der Waals surface area contributed by atoms with E-state index in [1.165, 1.54) is 6.92 Å². The van der Waals surface area contributed by atoms with E-state index in [0.717, 1.165) is 5.56 Å². The van der Waals surface area contributed by atoms with E-state index in [0.29, 0.717) is 23.0 Å². The van der Waals surface area contributed by atoms with E-state index in [9.17, 15) is 9.59 Å². The van der Waals surface area contributed by atoms with Crippen LogP contribution in [-0.4, -0.2) is 29.9 Å². The van der Waals surface area contributed by atoms with Crippen molar-refractivity contribution < 1.29 is 28.3 Å². The lowest BCUT2D eigenvalue weighted by molar-refractivity contribution is -0.129. The number of aryl methyl sites for hydroxylation is 2. The third-order valence-electron chi connectivity index (χ3n) is 3.79. The topological polar surface area (TPSA) is 99.9 Å². The van der Waals surface area contributed by atoms with Crippen LogP contribution in [0.15, 0.2) is 22.7 Å². The van der Waals surface area contributed by atoms with Gasteiger partial charge in [-0.25, -0.2) is 4.79 Å². The molecule has 8 heteroatoms. The molecular weight excluding hydrogens is 328 g/mol. The summed E-state index contributed by atoms with van der Waals surface area (Å²) in [5.41, 5.74) is 1.52. The third kappa shape index (κ3) is 3.57. The van der Waals surface area contributed by atoms with Crippen LogP contribution in [0, 0.1) is 13.8 Å². The summed E-state index contributed by atoms with van der Waals surface area (Å²) < 4.78 is 20.6. The summed E-state index contributed by atoms with van der Waals surface area (Å²) in [6.07, 6.45) is -0.949. The number of esters is 1. The van der Waals surface area contributed by atoms with Gasteiger partial charge in [0.25, 0.3) is 5.91 Å². The molecule has 1 amide bonds. The second-order valence-corrected chi connectivity index (χ2v) is 5.65. The first-order chi connectivity index (χ1) is 12.0. The van der Waals surface area contributed by atoms with Crippen LogP contribution in [0.2, 0.25) is 0 Å². The van der Waals surface area contributed by atoms with Crippen molar-refractivity contribution >= 4 is 11.9 Å². The average molecular weight is 346 g/mol. The fourth-order valence-electron chi connectivity index (χ4n) is 2.43. The molecule has 0 radical (unpaired) electrons. The first-order valence-electron chi connectivity index (χ1n) is 7.76. The van der Waals surface area contributed by atoms with Gasteiger partial charge in [-0.05, 0) is 38.5 Å². The third-order valence-corrected chi connectivity index (χ3v) is 3.79. The molecule has 132 valence electrons. The Balaban J connectivity index is 1.55. The molecule has 0 saturated heterocycles. The van der Waals surface area contributed by atoms with E-state index in [1.807, 2.05) is 6.07 Å². The van der Waals surface area contributed by atoms with Crippen LogP contribution in [0.3, 0.4) is 0 Å². The summed E-state index contributed by atoms with van der Waals surface area (Å²) in [6.45, 7) is 5.23. The maximum Gasteiger partial charge on any atom is 0.344 e. The van der Waals surface area contributed by atoms with Crippen LogP contribution in [0.25, 0.3) is 0 Å². The standard InChI is InChI=1S/C17H18N2O6/c1-9-15(10(2)25-19-9)17(21)24-11(3)16(20)18-7-12-4-5-13-14(6-12)23-8-22-13/h4-6,11H,7-8H2,1-3H3,(H,18,20)/t11-/m1/s1. The van der Waals surface area contributed by atoms with Gasteiger partial charge < -0.3 is 24.1 Å². The molecule has 0 bridgehead atoms. The monoisotopic (exact) mass is 346 g/mol. The lowest BCUT2D eigenvalue weighted by atomic mass is 10.2. The quantitative estimate of drug-likeness (QED) is 0.825. The summed E-state index contributed by atoms with van der Waals surface area (Å²) in [6, 6.07) is 5.40. The van der Waals surface area contributed by atoms with Gasteiger partial charge in [0.1, 0.15) is 11.3 Å². The molecule has 0 fully saturated rings. The molecule has 1 aromatic heterocycles. The van der Waals surface area contributed by atoms with Gasteiger partial charge in [-0.2, -0.15) is 0 Å². The van der Waals surface area contributed by atoms with Crippen molar-refractivity contribution in [3.8, 4) is 11.5 Å². The first-order valence-corrected chi connectivity index (χ1v) is 7.76. The van der Waals surface area contributed by atoms with Crippen molar-refractivity contribution in [2.75, 3.05) is 6.79 Å². The Morgan fingerprint density at radius 2 is 2.04 bits per heavy atom. The van der Waals surface area contributed by atoms with Gasteiger partial charge in [0, 0.05) is 6.54 Å². The Morgan fingerprint density at radius 3 is 2.76 bits per heavy atom. The van der Waals surface area contributed by atoms with Crippen LogP contribution in [0.4, 0.5) is 0 Å². The van der Waals surface area contributed by atoms with Crippen molar-refractivity contribution in [3.05, 3.63) is 40.8 Å². The average Bonchev–Trinajstić information content (AvgIpc) is 3.18. The maximum absolute atomic E-state index is 12.1. The predicted molar refractivity (Wildman–Crippen MR) is 85.3 cm³/mol. The second-order valence-electron chi connectivity index (χ2n) is 5.65. The maximum atomic E-state index is 12.1. The van der Waals surface area contributed by atoms with Gasteiger partial charge >= 0.3 is 5.97 Å². The Hall–Kier alpha value is -3.03. The molecule has 2 heterocycles. The minimum absolute atomic E-state index is 0.194. The van der Waals surface area contributed by atoms with Crippen molar-refractivity contribution in [2.45, 2.75) is 33.4 Å². The molecular formula is C17H18N2O6. The van der Waals surface area contributed by atoms with Gasteiger partial charge in [-0.15, -0.1) is 0 Å². The molecule has 0 saturated carbocycles. The number of carbonyl (C=O) groups is 2. The summed E-state index contributed by atoms with van der Waals surface area (Å²) in [5, 5.41) is 6.41. The number of hydrogen-bond donors (Lipinski definition) is 1. The molecule has 0 unspecified atom stereocenters. The molecule has 1 aromatic carbocycles. The fraction of sp³-hybridized carbons (Fsp3) is 0.353. The molecule has 0 spiro atoms. The van der Waals surface area contributed by atoms with Crippen molar-refractivity contribution in [3.63, 3.8) is 0 Å². The highest BCUT2D eigenvalue weighted by atomic mass is 16.7. The SMILES string of the molecule is Cc1noc(C)c1C(=O)O[C@H](C)C(=O)NCc1ccc2c(c1)OCO2. The summed E-state index contributed by atoms with van der Waals surface area (Å²) in [5.74, 6) is 0.636. The largest absolute Gasteiger partial charge is 0.454 e. The molecule has 8 nitrogen and oxygen atoms in total. The minimum atomic E-state index is -0.949. The van der Waals surface area contributed by atoms with Crippen LogP contribution in [0.5, 0.6) is 11.5 Å². The molecule has 1 aliphatic heterocycles. The molecule has 0 aliphatic carbocycles. The van der Waals surface area contributed by atoms with E-state index in [2.05, 4.69) is 10.5 Å². The number of hydrogen-bond acceptors (Lipinski definition) is 7. The van der Waals surface area contributed by atoms with Gasteiger partial charge in [-0.1, -0.05) is 11.2 Å². The normalized spacial score (nSPS) is 13.4. The van der Waals surface area contributed by atoms with E-state index in [-0.39, 0.29) is 18.9 Å². The number of nitrogens with zero attached hydrogens (tertiary/aromatic N) is 1. The molecule has 2 aromatic rings. The van der Waals surface area contributed by atoms with Gasteiger partial charge in [0.05, 0.1) is 5.69 Å². The summed E-state index contributed by atoms with van der Waals surface area (Å²) in [4.78, 5) is 24.3. The van der Waals surface area contributed by atoms with E-state index < -0.39 is 18.0 Å². The van der Waals surface area contributed by atoms with Crippen LogP contribution in [-0.2, 0) is 16.1 Å². The number of rotatable bonds is 5. The highest BCUT2D eigenvalue weighted by molar-refractivity contribution is 5.93. The van der Waals surface area contributed by atoms with Gasteiger partial charge in [-0.3, -0.25) is 4.79 Å². The van der Waals surface area contributed by atoms with E-state index in [1.54, 1.807) is 26.0 Å². The Kier molecular flexibility index (Phi) is 4.60. The van der Waals surface area contributed by atoms with Crippen LogP contribution < -0.4 is 14.8 Å². The second kappa shape index (κ2) is 6.84. The van der Waals surface area contributed by atoms with Crippen molar-refractivity contribution in [2.24, 2.45) is 0 Å². The lowest BCUT2D eigenvalue weighted by Crippen LogP contribution is -2.35. The number of amides is 1. The first kappa shape index (κ1) is 16.8. The zero-order valence-corrected chi connectivity index (χ0v) is 14.1. The number of aromatic nitrogens is 1. The number of nitrogens with one attached hydrogen (secondary N) is 1. The smallest absolute Gasteiger partial charge is 0.344 e. The number of benzene rings is 1. The predicted octanol–water partition coefficient (Wildman–Crippen LogP) is 1.88. The summed E-state index contributed by atoms with van der Waals surface area (Å²) >= 11 is 0. The summed E-state index contributed by atoms with van der Waals surface area (Å²) in [7, 11) is 0. The van der Waals surface area contributed by atoms with Crippen molar-refractivity contribution in [1.29, 1.82) is 0 Å². The van der Waals surface area contributed by atoms with Gasteiger partial charge in [0.2, 0.25) is 6.79 Å². The molecule has 1 atom stereocenters. The molecule has 1 N–H and O–H groups in total. The Bertz CT molecular complexity index is 794. The highest BCUT2D eigenvalue weighted by Crippen LogP contribution is 2.32. The zero-order chi connectivity index (χ0) is 18.0. The Labute approximate surface area is 144 Å². The fourth-order valence-corrected chi connectivity index (χ4v) is 2.43. The molecule has 25 heavy (non-hydrogen) atoms. The van der Waals surface area contributed by atoms with E-state index >= 15 is 0 Å². The zero-order valence-electron chi connectivity index (χ0n) is 14.1. The molecule has 1 aliphatic rings. The number of carbonyl (C=O) groups excluding carboxylic acids is 2. The minimum Gasteiger partial charge on any atom is -0.454 e. The lowest BCUT2D eigenvalue weighted by Gasteiger charge is -2.13. The number of ether oxygens (including phenoxy) is 3. The highest BCUT2D eigenvalue weighted by Gasteiger charge is 2.24. The number of fused-ring (bicyclic) bond motifs is 1. The Morgan fingerprint density at radius 1 is 1.28 bits per heavy atom. The van der Waals surface area contributed by atoms with Crippen molar-refractivity contribution in [1.82, 2.24) is 10.5 Å². The van der Waals surface area contributed by atoms with Crippen LogP contribution >= 0.6 is 0 Å².